The van der Waals surface area contributed by atoms with Crippen LogP contribution in [0, 0.1) is 13.8 Å². The molecule has 178 valence electrons. The van der Waals surface area contributed by atoms with Crippen molar-refractivity contribution in [3.8, 4) is 11.1 Å². The number of hydrogen-bond acceptors (Lipinski definition) is 6. The van der Waals surface area contributed by atoms with Crippen molar-refractivity contribution in [3.63, 3.8) is 0 Å². The van der Waals surface area contributed by atoms with Gasteiger partial charge in [-0.1, -0.05) is 0 Å². The standard InChI is InChI=1S/C21H20BrF2N7O2S/c1-8-13(22)7-31(29-8)10(3)20(33)28-16-15-11(12-6-26-30(4)9(12)2)5-14(18(23)24)27-21(15)34-17(16)19(25)32/h5-7,10,18H,1-4H3,(H2,25,32)(H,28,33). The number of aryl methyl sites for hydroxylation is 2. The third kappa shape index (κ3) is 4.09. The van der Waals surface area contributed by atoms with Crippen molar-refractivity contribution in [1.29, 1.82) is 0 Å². The molecule has 0 saturated heterocycles. The predicted molar refractivity (Wildman–Crippen MR) is 128 cm³/mol. The number of nitrogens with zero attached hydrogens (tertiary/aromatic N) is 5. The highest BCUT2D eigenvalue weighted by Gasteiger charge is 2.27. The van der Waals surface area contributed by atoms with Crippen molar-refractivity contribution in [1.82, 2.24) is 24.5 Å². The van der Waals surface area contributed by atoms with Crippen molar-refractivity contribution in [2.24, 2.45) is 12.8 Å². The number of amides is 2. The highest BCUT2D eigenvalue weighted by Crippen LogP contribution is 2.43. The van der Waals surface area contributed by atoms with E-state index in [2.05, 4.69) is 36.4 Å². The van der Waals surface area contributed by atoms with E-state index in [9.17, 15) is 18.4 Å². The van der Waals surface area contributed by atoms with Crippen LogP contribution in [0.3, 0.4) is 0 Å². The monoisotopic (exact) mass is 551 g/mol. The molecule has 0 spiro atoms. The van der Waals surface area contributed by atoms with Gasteiger partial charge in [0.25, 0.3) is 12.3 Å². The molecule has 1 atom stereocenters. The molecule has 0 saturated carbocycles. The predicted octanol–water partition coefficient (Wildman–Crippen LogP) is 4.51. The van der Waals surface area contributed by atoms with Crippen molar-refractivity contribution in [2.75, 3.05) is 5.32 Å². The van der Waals surface area contributed by atoms with E-state index in [1.54, 1.807) is 44.9 Å². The number of carbonyl (C=O) groups excluding carboxylic acids is 2. The average molecular weight is 552 g/mol. The lowest BCUT2D eigenvalue weighted by molar-refractivity contribution is -0.119. The number of alkyl halides is 2. The number of primary amides is 1. The van der Waals surface area contributed by atoms with Gasteiger partial charge in [0.1, 0.15) is 21.4 Å². The molecular weight excluding hydrogens is 532 g/mol. The van der Waals surface area contributed by atoms with Gasteiger partial charge in [-0.2, -0.15) is 10.2 Å². The Balaban J connectivity index is 1.91. The summed E-state index contributed by atoms with van der Waals surface area (Å²) in [6.45, 7) is 5.22. The highest BCUT2D eigenvalue weighted by molar-refractivity contribution is 9.10. The van der Waals surface area contributed by atoms with Crippen molar-refractivity contribution < 1.29 is 18.4 Å². The van der Waals surface area contributed by atoms with Gasteiger partial charge in [-0.05, 0) is 48.3 Å². The van der Waals surface area contributed by atoms with Crippen LogP contribution >= 0.6 is 27.3 Å². The Kier molecular flexibility index (Phi) is 6.25. The molecule has 0 aromatic carbocycles. The molecule has 0 aliphatic heterocycles. The fourth-order valence-corrected chi connectivity index (χ4v) is 4.81. The number of fused-ring (bicyclic) bond motifs is 1. The first-order valence-electron chi connectivity index (χ1n) is 10.1. The third-order valence-corrected chi connectivity index (χ3v) is 7.41. The minimum Gasteiger partial charge on any atom is -0.365 e. The molecule has 0 bridgehead atoms. The zero-order chi connectivity index (χ0) is 24.9. The summed E-state index contributed by atoms with van der Waals surface area (Å²) in [5.74, 6) is -1.28. The van der Waals surface area contributed by atoms with Gasteiger partial charge < -0.3 is 11.1 Å². The Labute approximate surface area is 205 Å². The normalized spacial score (nSPS) is 12.5. The van der Waals surface area contributed by atoms with Gasteiger partial charge in [0.2, 0.25) is 5.91 Å². The van der Waals surface area contributed by atoms with Crippen LogP contribution in [0.25, 0.3) is 21.3 Å². The molecule has 4 rings (SSSR count). The summed E-state index contributed by atoms with van der Waals surface area (Å²) in [7, 11) is 1.72. The molecule has 34 heavy (non-hydrogen) atoms. The minimum atomic E-state index is -2.83. The molecule has 0 aliphatic carbocycles. The summed E-state index contributed by atoms with van der Waals surface area (Å²) in [6.07, 6.45) is 0.374. The number of nitrogens with one attached hydrogen (secondary N) is 1. The van der Waals surface area contributed by atoms with Crippen molar-refractivity contribution in [3.05, 3.63) is 44.9 Å². The van der Waals surface area contributed by atoms with Crippen molar-refractivity contribution in [2.45, 2.75) is 33.2 Å². The largest absolute Gasteiger partial charge is 0.365 e. The van der Waals surface area contributed by atoms with Gasteiger partial charge in [-0.15, -0.1) is 11.3 Å². The van der Waals surface area contributed by atoms with Gasteiger partial charge >= 0.3 is 0 Å². The van der Waals surface area contributed by atoms with Crippen molar-refractivity contribution >= 4 is 55.0 Å². The van der Waals surface area contributed by atoms with E-state index in [0.717, 1.165) is 15.8 Å². The van der Waals surface area contributed by atoms with E-state index in [1.807, 2.05) is 0 Å². The zero-order valence-electron chi connectivity index (χ0n) is 18.6. The van der Waals surface area contributed by atoms with Crippen LogP contribution in [0.4, 0.5) is 14.5 Å². The number of rotatable bonds is 6. The van der Waals surface area contributed by atoms with E-state index in [4.69, 9.17) is 5.73 Å². The molecule has 4 aromatic heterocycles. The molecule has 0 aliphatic rings. The van der Waals surface area contributed by atoms with Gasteiger partial charge in [-0.25, -0.2) is 13.8 Å². The van der Waals surface area contributed by atoms with Gasteiger partial charge in [0.05, 0.1) is 22.1 Å². The summed E-state index contributed by atoms with van der Waals surface area (Å²) >= 11 is 4.22. The van der Waals surface area contributed by atoms with E-state index >= 15 is 0 Å². The lowest BCUT2D eigenvalue weighted by Crippen LogP contribution is -2.25. The SMILES string of the molecule is Cc1nn(C(C)C(=O)Nc2c(C(N)=O)sc3nc(C(F)F)cc(-c4cnn(C)c4C)c23)cc1Br. The first kappa shape index (κ1) is 24.0. The summed E-state index contributed by atoms with van der Waals surface area (Å²) in [5, 5.41) is 11.6. The first-order chi connectivity index (χ1) is 16.0. The van der Waals surface area contributed by atoms with Gasteiger partial charge in [-0.3, -0.25) is 19.0 Å². The van der Waals surface area contributed by atoms with E-state index in [1.165, 1.54) is 10.7 Å². The van der Waals surface area contributed by atoms with Crippen LogP contribution < -0.4 is 11.1 Å². The Hall–Kier alpha value is -3.19. The molecule has 4 aromatic rings. The average Bonchev–Trinajstić information content (AvgIpc) is 3.43. The Morgan fingerprint density at radius 1 is 1.26 bits per heavy atom. The number of halogens is 3. The molecule has 13 heteroatoms. The molecule has 3 N–H and O–H groups in total. The van der Waals surface area contributed by atoms with Crippen LogP contribution in [0.15, 0.2) is 22.9 Å². The van der Waals surface area contributed by atoms with Crippen LogP contribution in [-0.4, -0.2) is 36.4 Å². The van der Waals surface area contributed by atoms with Gasteiger partial charge in [0, 0.05) is 29.9 Å². The van der Waals surface area contributed by atoms with E-state index in [-0.39, 0.29) is 15.4 Å². The molecule has 2 amide bonds. The number of pyridine rings is 1. The number of hydrogen-bond donors (Lipinski definition) is 2. The fourth-order valence-electron chi connectivity index (χ4n) is 3.50. The second-order valence-corrected chi connectivity index (χ2v) is 9.57. The summed E-state index contributed by atoms with van der Waals surface area (Å²) in [4.78, 5) is 29.6. The zero-order valence-corrected chi connectivity index (χ0v) is 21.0. The quantitative estimate of drug-likeness (QED) is 0.365. The molecule has 9 nitrogen and oxygen atoms in total. The fraction of sp³-hybridized carbons (Fsp3) is 0.286. The van der Waals surface area contributed by atoms with Crippen LogP contribution in [0.1, 0.15) is 46.1 Å². The number of anilines is 1. The molecule has 4 heterocycles. The lowest BCUT2D eigenvalue weighted by Gasteiger charge is -2.14. The Morgan fingerprint density at radius 2 is 1.97 bits per heavy atom. The number of thiophene rings is 1. The first-order valence-corrected chi connectivity index (χ1v) is 11.7. The lowest BCUT2D eigenvalue weighted by atomic mass is 10.0. The third-order valence-electron chi connectivity index (χ3n) is 5.54. The van der Waals surface area contributed by atoms with Crippen LogP contribution in [-0.2, 0) is 11.8 Å². The van der Waals surface area contributed by atoms with Crippen LogP contribution in [0.2, 0.25) is 0 Å². The topological polar surface area (TPSA) is 121 Å². The summed E-state index contributed by atoms with van der Waals surface area (Å²) < 4.78 is 31.1. The number of aromatic nitrogens is 5. The second-order valence-electron chi connectivity index (χ2n) is 7.72. The maximum Gasteiger partial charge on any atom is 0.280 e. The molecule has 0 fully saturated rings. The van der Waals surface area contributed by atoms with E-state index in [0.29, 0.717) is 27.9 Å². The highest BCUT2D eigenvalue weighted by atomic mass is 79.9. The smallest absolute Gasteiger partial charge is 0.280 e. The molecule has 1 unspecified atom stereocenters. The minimum absolute atomic E-state index is 0.00934. The summed E-state index contributed by atoms with van der Waals surface area (Å²) in [5.41, 5.74) is 7.62. The summed E-state index contributed by atoms with van der Waals surface area (Å²) in [6, 6.07) is 0.513. The van der Waals surface area contributed by atoms with Gasteiger partial charge in [0.15, 0.2) is 0 Å². The van der Waals surface area contributed by atoms with E-state index < -0.39 is 30.0 Å². The second kappa shape index (κ2) is 8.87. The maximum absolute atomic E-state index is 13.6. The number of carbonyl (C=O) groups is 2. The molecular formula is C21H20BrF2N7O2S. The maximum atomic E-state index is 13.6. The Morgan fingerprint density at radius 3 is 2.50 bits per heavy atom. The molecule has 0 radical (unpaired) electrons. The number of nitrogens with two attached hydrogens (primary N) is 1. The Bertz CT molecular complexity index is 1420. The van der Waals surface area contributed by atoms with Crippen LogP contribution in [0.5, 0.6) is 0 Å².